The van der Waals surface area contributed by atoms with E-state index in [4.69, 9.17) is 12.3 Å². The molecular formula is C18H43NO4Si4. The summed E-state index contributed by atoms with van der Waals surface area (Å²) in [7, 11) is -9.16. The number of hydrogen-bond donors (Lipinski definition) is 1. The standard InChI is InChI=1S/C18H43NO4Si4/c1-12-17(20)19-18(13-2)27(21-24(6,7)14-3,22-25(8,9)15-4)23-26(10,11)16-5/h12,18H,1,13-16H2,2-11H3,(H,19,20). The first kappa shape index (κ1) is 27.0. The molecule has 1 atom stereocenters. The van der Waals surface area contributed by atoms with Crippen LogP contribution >= 0.6 is 0 Å². The summed E-state index contributed by atoms with van der Waals surface area (Å²) in [5.74, 6) is -0.197. The largest absolute Gasteiger partial charge is 0.493 e. The van der Waals surface area contributed by atoms with Crippen molar-refractivity contribution >= 4 is 39.7 Å². The second-order valence-electron chi connectivity index (χ2n) is 8.92. The predicted octanol–water partition coefficient (Wildman–Crippen LogP) is 5.27. The van der Waals surface area contributed by atoms with E-state index >= 15 is 0 Å². The lowest BCUT2D eigenvalue weighted by atomic mass is 10.4. The first-order valence-electron chi connectivity index (χ1n) is 10.3. The topological polar surface area (TPSA) is 56.8 Å². The van der Waals surface area contributed by atoms with E-state index in [1.165, 1.54) is 6.08 Å². The summed E-state index contributed by atoms with van der Waals surface area (Å²) in [6, 6.07) is 2.92. The van der Waals surface area contributed by atoms with Crippen LogP contribution in [0, 0.1) is 0 Å². The van der Waals surface area contributed by atoms with Crippen LogP contribution in [-0.4, -0.2) is 45.3 Å². The van der Waals surface area contributed by atoms with Crippen molar-refractivity contribution in [2.24, 2.45) is 0 Å². The average molecular weight is 450 g/mol. The number of carbonyl (C=O) groups excluding carboxylic acids is 1. The number of rotatable bonds is 13. The maximum atomic E-state index is 12.2. The van der Waals surface area contributed by atoms with Gasteiger partial charge >= 0.3 is 8.80 Å². The molecular weight excluding hydrogens is 407 g/mol. The Bertz CT molecular complexity index is 452. The minimum absolute atomic E-state index is 0.197. The van der Waals surface area contributed by atoms with Gasteiger partial charge in [0.2, 0.25) is 5.91 Å². The van der Waals surface area contributed by atoms with Crippen LogP contribution in [-0.2, 0) is 17.1 Å². The molecule has 1 unspecified atom stereocenters. The van der Waals surface area contributed by atoms with Crippen molar-refractivity contribution in [3.63, 3.8) is 0 Å². The molecule has 0 saturated heterocycles. The fourth-order valence-electron chi connectivity index (χ4n) is 2.32. The number of nitrogens with one attached hydrogen (secondary N) is 1. The molecule has 0 aliphatic heterocycles. The number of amides is 1. The van der Waals surface area contributed by atoms with E-state index in [-0.39, 0.29) is 11.6 Å². The number of hydrogen-bond acceptors (Lipinski definition) is 4. The minimum atomic E-state index is -3.17. The van der Waals surface area contributed by atoms with E-state index in [0.29, 0.717) is 6.42 Å². The SMILES string of the molecule is C=CC(=O)NC(CC)[Si](O[Si](C)(C)CC)(O[Si](C)(C)CC)O[Si](C)(C)CC. The molecule has 9 heteroatoms. The van der Waals surface area contributed by atoms with Gasteiger partial charge in [-0.15, -0.1) is 0 Å². The summed E-state index contributed by atoms with van der Waals surface area (Å²) in [6.07, 6.45) is 2.03. The zero-order valence-corrected chi connectivity index (χ0v) is 23.3. The fraction of sp³-hybridized carbons (Fsp3) is 0.833. The molecule has 0 spiro atoms. The van der Waals surface area contributed by atoms with E-state index in [1.54, 1.807) is 0 Å². The van der Waals surface area contributed by atoms with Crippen LogP contribution in [0.2, 0.25) is 57.4 Å². The van der Waals surface area contributed by atoms with E-state index in [9.17, 15) is 4.79 Å². The molecule has 160 valence electrons. The lowest BCUT2D eigenvalue weighted by Gasteiger charge is -2.47. The molecule has 1 N–H and O–H groups in total. The van der Waals surface area contributed by atoms with Crippen LogP contribution in [0.25, 0.3) is 0 Å². The zero-order valence-electron chi connectivity index (χ0n) is 19.3. The van der Waals surface area contributed by atoms with Crippen LogP contribution in [0.4, 0.5) is 0 Å². The second-order valence-corrected chi connectivity index (χ2v) is 26.0. The molecule has 0 aromatic rings. The average Bonchev–Trinajstić information content (AvgIpc) is 2.57. The summed E-state index contributed by atoms with van der Waals surface area (Å²) in [5.41, 5.74) is -0.252. The van der Waals surface area contributed by atoms with Crippen molar-refractivity contribution in [1.29, 1.82) is 0 Å². The van der Waals surface area contributed by atoms with Crippen molar-refractivity contribution in [3.05, 3.63) is 12.7 Å². The van der Waals surface area contributed by atoms with E-state index in [2.05, 4.69) is 78.9 Å². The molecule has 5 nitrogen and oxygen atoms in total. The summed E-state index contributed by atoms with van der Waals surface area (Å²) in [4.78, 5) is 12.2. The van der Waals surface area contributed by atoms with Crippen LogP contribution in [0.1, 0.15) is 34.1 Å². The Kier molecular flexibility index (Phi) is 10.6. The minimum Gasteiger partial charge on any atom is -0.415 e. The molecule has 0 aliphatic rings. The van der Waals surface area contributed by atoms with Gasteiger partial charge < -0.3 is 17.7 Å². The summed E-state index contributed by atoms with van der Waals surface area (Å²) in [6.45, 7) is 25.4. The third-order valence-electron chi connectivity index (χ3n) is 5.15. The molecule has 0 aliphatic carbocycles. The van der Waals surface area contributed by atoms with Gasteiger partial charge in [-0.1, -0.05) is 34.3 Å². The second kappa shape index (κ2) is 10.7. The highest BCUT2D eigenvalue weighted by Gasteiger charge is 2.57. The normalized spacial score (nSPS) is 14.7. The smallest absolute Gasteiger partial charge is 0.415 e. The first-order chi connectivity index (χ1) is 12.2. The summed E-state index contributed by atoms with van der Waals surface area (Å²) < 4.78 is 20.7. The molecule has 0 heterocycles. The Hall–Kier alpha value is -0.0425. The Morgan fingerprint density at radius 3 is 1.41 bits per heavy atom. The molecule has 0 rings (SSSR count). The highest BCUT2D eigenvalue weighted by atomic mass is 28.5. The maximum absolute atomic E-state index is 12.2. The van der Waals surface area contributed by atoms with Gasteiger partial charge in [-0.2, -0.15) is 0 Å². The Labute approximate surface area is 172 Å². The van der Waals surface area contributed by atoms with Gasteiger partial charge in [-0.05, 0) is 69.9 Å². The molecule has 0 aromatic heterocycles. The molecule has 0 radical (unpaired) electrons. The van der Waals surface area contributed by atoms with Crippen molar-refractivity contribution in [1.82, 2.24) is 5.32 Å². The number of carbonyl (C=O) groups is 1. The first-order valence-corrected chi connectivity index (χ1v) is 21.4. The van der Waals surface area contributed by atoms with Gasteiger partial charge in [0, 0.05) is 0 Å². The summed E-state index contributed by atoms with van der Waals surface area (Å²) >= 11 is 0. The third kappa shape index (κ3) is 8.88. The molecule has 0 fully saturated rings. The quantitative estimate of drug-likeness (QED) is 0.307. The van der Waals surface area contributed by atoms with Crippen LogP contribution in [0.5, 0.6) is 0 Å². The maximum Gasteiger partial charge on any atom is 0.493 e. The zero-order chi connectivity index (χ0) is 21.5. The predicted molar refractivity (Wildman–Crippen MR) is 125 cm³/mol. The van der Waals surface area contributed by atoms with Crippen LogP contribution in [0.15, 0.2) is 12.7 Å². The van der Waals surface area contributed by atoms with Crippen LogP contribution in [0.3, 0.4) is 0 Å². The van der Waals surface area contributed by atoms with Crippen LogP contribution < -0.4 is 5.32 Å². The van der Waals surface area contributed by atoms with Gasteiger partial charge in [0.25, 0.3) is 0 Å². The third-order valence-corrected chi connectivity index (χ3v) is 21.7. The molecule has 0 aromatic carbocycles. The summed E-state index contributed by atoms with van der Waals surface area (Å²) in [5, 5.41) is 3.09. The fourth-order valence-corrected chi connectivity index (χ4v) is 17.4. The van der Waals surface area contributed by atoms with Gasteiger partial charge in [-0.25, -0.2) is 0 Å². The highest BCUT2D eigenvalue weighted by molar-refractivity contribution is 6.91. The van der Waals surface area contributed by atoms with Crippen molar-refractivity contribution in [3.8, 4) is 0 Å². The van der Waals surface area contributed by atoms with E-state index in [1.807, 2.05) is 0 Å². The van der Waals surface area contributed by atoms with E-state index in [0.717, 1.165) is 18.1 Å². The van der Waals surface area contributed by atoms with Gasteiger partial charge in [0.05, 0.1) is 5.67 Å². The van der Waals surface area contributed by atoms with Gasteiger partial charge in [0.1, 0.15) is 0 Å². The van der Waals surface area contributed by atoms with Crippen molar-refractivity contribution < 1.29 is 17.1 Å². The van der Waals surface area contributed by atoms with E-state index < -0.39 is 33.8 Å². The monoisotopic (exact) mass is 449 g/mol. The molecule has 0 bridgehead atoms. The molecule has 1 amide bonds. The van der Waals surface area contributed by atoms with Gasteiger partial charge in [0.15, 0.2) is 25.0 Å². The molecule has 0 saturated carbocycles. The van der Waals surface area contributed by atoms with Crippen molar-refractivity contribution in [2.45, 2.75) is 97.2 Å². The Balaban J connectivity index is 6.40. The lowest BCUT2D eigenvalue weighted by molar-refractivity contribution is -0.117. The van der Waals surface area contributed by atoms with Crippen molar-refractivity contribution in [2.75, 3.05) is 0 Å². The van der Waals surface area contributed by atoms with Gasteiger partial charge in [-0.3, -0.25) is 4.79 Å². The molecule has 27 heavy (non-hydrogen) atoms. The lowest BCUT2D eigenvalue weighted by Crippen LogP contribution is -2.71. The highest BCUT2D eigenvalue weighted by Crippen LogP contribution is 2.32. The Morgan fingerprint density at radius 1 is 0.852 bits per heavy atom. The Morgan fingerprint density at radius 2 is 1.19 bits per heavy atom.